The van der Waals surface area contributed by atoms with Crippen molar-refractivity contribution in [2.24, 2.45) is 0 Å². The zero-order valence-electron chi connectivity index (χ0n) is 33.3. The first-order chi connectivity index (χ1) is 25.3. The van der Waals surface area contributed by atoms with E-state index in [0.29, 0.717) is 6.42 Å². The van der Waals surface area contributed by atoms with E-state index in [0.717, 1.165) is 38.5 Å². The number of carbonyl (C=O) groups excluding carboxylic acids is 2. The fourth-order valence-electron chi connectivity index (χ4n) is 6.78. The van der Waals surface area contributed by atoms with Crippen molar-refractivity contribution < 1.29 is 49.0 Å². The molecule has 6 atom stereocenters. The van der Waals surface area contributed by atoms with E-state index >= 15 is 0 Å². The van der Waals surface area contributed by atoms with Gasteiger partial charge in [-0.25, -0.2) is 0 Å². The van der Waals surface area contributed by atoms with E-state index in [1.807, 2.05) is 0 Å². The number of hydrogen-bond acceptors (Lipinski definition) is 10. The van der Waals surface area contributed by atoms with Gasteiger partial charge in [-0.15, -0.1) is 0 Å². The van der Waals surface area contributed by atoms with Crippen LogP contribution in [0.3, 0.4) is 0 Å². The molecule has 0 aromatic heterocycles. The summed E-state index contributed by atoms with van der Waals surface area (Å²) in [4.78, 5) is 25.2. The van der Waals surface area contributed by atoms with Crippen LogP contribution < -0.4 is 0 Å². The minimum Gasteiger partial charge on any atom is -0.462 e. The van der Waals surface area contributed by atoms with Crippen molar-refractivity contribution in [1.29, 1.82) is 0 Å². The predicted octanol–water partition coefficient (Wildman–Crippen LogP) is 8.61. The molecule has 1 heterocycles. The number of esters is 2. The van der Waals surface area contributed by atoms with Crippen molar-refractivity contribution in [1.82, 2.24) is 0 Å². The van der Waals surface area contributed by atoms with E-state index in [9.17, 15) is 30.0 Å². The summed E-state index contributed by atoms with van der Waals surface area (Å²) < 4.78 is 22.1. The van der Waals surface area contributed by atoms with E-state index in [2.05, 4.69) is 13.8 Å². The van der Waals surface area contributed by atoms with E-state index < -0.39 is 49.4 Å². The molecular weight excluding hydrogens is 664 g/mol. The van der Waals surface area contributed by atoms with Crippen LogP contribution >= 0.6 is 0 Å². The number of carbonyl (C=O) groups is 2. The summed E-state index contributed by atoms with van der Waals surface area (Å²) >= 11 is 0. The number of rotatable bonds is 36. The fraction of sp³-hybridized carbons (Fsp3) is 0.952. The van der Waals surface area contributed by atoms with Crippen LogP contribution in [0.1, 0.15) is 200 Å². The zero-order chi connectivity index (χ0) is 38.1. The van der Waals surface area contributed by atoms with Gasteiger partial charge in [0, 0.05) is 12.8 Å². The van der Waals surface area contributed by atoms with Crippen molar-refractivity contribution in [3.05, 3.63) is 0 Å². The van der Waals surface area contributed by atoms with E-state index in [1.165, 1.54) is 128 Å². The molecule has 0 aromatic carbocycles. The normalized spacial score (nSPS) is 20.9. The van der Waals surface area contributed by atoms with E-state index in [4.69, 9.17) is 18.9 Å². The zero-order valence-corrected chi connectivity index (χ0v) is 33.3. The van der Waals surface area contributed by atoms with Gasteiger partial charge in [0.05, 0.1) is 13.2 Å². The molecule has 10 heteroatoms. The average Bonchev–Trinajstić information content (AvgIpc) is 3.14. The summed E-state index contributed by atoms with van der Waals surface area (Å²) in [5, 5.41) is 40.0. The van der Waals surface area contributed by atoms with E-state index in [-0.39, 0.29) is 32.0 Å². The van der Waals surface area contributed by atoms with Gasteiger partial charge in [0.25, 0.3) is 0 Å². The standard InChI is InChI=1S/C42H80O10/c1-3-5-7-9-11-13-15-17-19-20-22-24-26-28-30-37(44)49-33-35(34-50-42-41(48)40(47)39(46)36(32-43)52-42)51-38(45)31-29-27-25-23-21-18-16-14-12-10-8-6-4-2/h35-36,39-43,46-48H,3-34H2,1-2H3/t35-,36-,39+,40?,41?,42-/m0/s1. The van der Waals surface area contributed by atoms with Gasteiger partial charge in [0.1, 0.15) is 31.0 Å². The first kappa shape index (κ1) is 48.7. The maximum atomic E-state index is 12.7. The Kier molecular flexibility index (Phi) is 32.1. The molecule has 0 bridgehead atoms. The minimum absolute atomic E-state index is 0.209. The quantitative estimate of drug-likeness (QED) is 0.0363. The summed E-state index contributed by atoms with van der Waals surface area (Å²) in [7, 11) is 0. The van der Waals surface area contributed by atoms with Gasteiger partial charge in [0.2, 0.25) is 0 Å². The molecule has 2 unspecified atom stereocenters. The lowest BCUT2D eigenvalue weighted by Crippen LogP contribution is -2.59. The summed E-state index contributed by atoms with van der Waals surface area (Å²) in [5.74, 6) is -0.794. The van der Waals surface area contributed by atoms with Gasteiger partial charge >= 0.3 is 11.9 Å². The van der Waals surface area contributed by atoms with Gasteiger partial charge < -0.3 is 39.4 Å². The highest BCUT2D eigenvalue weighted by molar-refractivity contribution is 5.70. The van der Waals surface area contributed by atoms with Crippen LogP contribution in [0.25, 0.3) is 0 Å². The van der Waals surface area contributed by atoms with Crippen LogP contribution in [0.2, 0.25) is 0 Å². The molecule has 0 radical (unpaired) electrons. The molecule has 0 spiro atoms. The van der Waals surface area contributed by atoms with Gasteiger partial charge in [-0.1, -0.05) is 174 Å². The second kappa shape index (κ2) is 34.2. The number of ether oxygens (including phenoxy) is 4. The fourth-order valence-corrected chi connectivity index (χ4v) is 6.78. The Morgan fingerprint density at radius 1 is 0.519 bits per heavy atom. The molecule has 4 N–H and O–H groups in total. The third-order valence-electron chi connectivity index (χ3n) is 10.2. The van der Waals surface area contributed by atoms with Crippen molar-refractivity contribution in [3.63, 3.8) is 0 Å². The molecule has 1 rings (SSSR count). The van der Waals surface area contributed by atoms with Gasteiger partial charge in [-0.3, -0.25) is 9.59 Å². The van der Waals surface area contributed by atoms with Crippen LogP contribution in [0, 0.1) is 0 Å². The van der Waals surface area contributed by atoms with Gasteiger partial charge in [-0.2, -0.15) is 0 Å². The lowest BCUT2D eigenvalue weighted by Gasteiger charge is -2.39. The summed E-state index contributed by atoms with van der Waals surface area (Å²) in [6.07, 6.45) is 25.3. The molecule has 308 valence electrons. The molecule has 1 aliphatic heterocycles. The van der Waals surface area contributed by atoms with Crippen LogP contribution in [0.5, 0.6) is 0 Å². The topological polar surface area (TPSA) is 152 Å². The second-order valence-electron chi connectivity index (χ2n) is 15.2. The lowest BCUT2D eigenvalue weighted by molar-refractivity contribution is -0.305. The number of aliphatic hydroxyl groups is 4. The van der Waals surface area contributed by atoms with E-state index in [1.54, 1.807) is 0 Å². The highest BCUT2D eigenvalue weighted by atomic mass is 16.7. The summed E-state index contributed by atoms with van der Waals surface area (Å²) in [5.41, 5.74) is 0. The SMILES string of the molecule is CCCCCCCCCCCCCCCCC(=O)OC[C@@H](CO[C@H]1O[C@@H](CO)[C@@H](O)C(O)C1O)OC(=O)CCCCCCCCCCCCCCC. The number of unbranched alkanes of at least 4 members (excludes halogenated alkanes) is 25. The Hall–Kier alpha value is -1.30. The third kappa shape index (κ3) is 25.7. The van der Waals surface area contributed by atoms with Gasteiger partial charge in [-0.05, 0) is 12.8 Å². The Morgan fingerprint density at radius 2 is 0.904 bits per heavy atom. The smallest absolute Gasteiger partial charge is 0.306 e. The highest BCUT2D eigenvalue weighted by Crippen LogP contribution is 2.23. The first-order valence-corrected chi connectivity index (χ1v) is 21.6. The Bertz CT molecular complexity index is 825. The molecule has 0 saturated carbocycles. The molecule has 1 fully saturated rings. The predicted molar refractivity (Wildman–Crippen MR) is 206 cm³/mol. The molecule has 10 nitrogen and oxygen atoms in total. The molecular formula is C42H80O10. The summed E-state index contributed by atoms with van der Waals surface area (Å²) in [6, 6.07) is 0. The molecule has 0 aliphatic carbocycles. The monoisotopic (exact) mass is 745 g/mol. The summed E-state index contributed by atoms with van der Waals surface area (Å²) in [6.45, 7) is 3.44. The van der Waals surface area contributed by atoms with Crippen LogP contribution in [0.4, 0.5) is 0 Å². The second-order valence-corrected chi connectivity index (χ2v) is 15.2. The number of aliphatic hydroxyl groups excluding tert-OH is 4. The maximum absolute atomic E-state index is 12.7. The van der Waals surface area contributed by atoms with Crippen LogP contribution in [-0.2, 0) is 28.5 Å². The maximum Gasteiger partial charge on any atom is 0.306 e. The van der Waals surface area contributed by atoms with Gasteiger partial charge in [0.15, 0.2) is 12.4 Å². The largest absolute Gasteiger partial charge is 0.462 e. The van der Waals surface area contributed by atoms with Crippen molar-refractivity contribution in [2.75, 3.05) is 19.8 Å². The molecule has 0 aromatic rings. The molecule has 52 heavy (non-hydrogen) atoms. The molecule has 1 saturated heterocycles. The number of hydrogen-bond donors (Lipinski definition) is 4. The molecule has 1 aliphatic rings. The Labute approximate surface area is 317 Å². The third-order valence-corrected chi connectivity index (χ3v) is 10.2. The minimum atomic E-state index is -1.59. The Balaban J connectivity index is 2.33. The van der Waals surface area contributed by atoms with Crippen molar-refractivity contribution in [3.8, 4) is 0 Å². The highest BCUT2D eigenvalue weighted by Gasteiger charge is 2.44. The average molecular weight is 745 g/mol. The molecule has 0 amide bonds. The van der Waals surface area contributed by atoms with Crippen molar-refractivity contribution >= 4 is 11.9 Å². The Morgan fingerprint density at radius 3 is 1.31 bits per heavy atom. The first-order valence-electron chi connectivity index (χ1n) is 21.6. The van der Waals surface area contributed by atoms with Crippen LogP contribution in [-0.4, -0.2) is 89.0 Å². The lowest BCUT2D eigenvalue weighted by atomic mass is 9.99. The van der Waals surface area contributed by atoms with Crippen LogP contribution in [0.15, 0.2) is 0 Å². The van der Waals surface area contributed by atoms with Crippen molar-refractivity contribution in [2.45, 2.75) is 237 Å².